The minimum Gasteiger partial charge on any atom is -0.393 e. The number of hydrogen-bond acceptors (Lipinski definition) is 2. The summed E-state index contributed by atoms with van der Waals surface area (Å²) in [5.41, 5.74) is -0.248. The molecular weight excluding hydrogens is 142 g/mol. The molecule has 2 fully saturated rings. The Hall–Kier alpha value is -0.120. The van der Waals surface area contributed by atoms with Gasteiger partial charge in [0.1, 0.15) is 0 Å². The third-order valence-electron chi connectivity index (χ3n) is 3.10. The van der Waals surface area contributed by atoms with E-state index >= 15 is 0 Å². The van der Waals surface area contributed by atoms with Gasteiger partial charge in [-0.2, -0.15) is 0 Å². The number of nitrogens with zero attached hydrogens (tertiary/aromatic N) is 1. The van der Waals surface area contributed by atoms with Crippen LogP contribution >= 0.6 is 0 Å². The van der Waals surface area contributed by atoms with Crippen LogP contribution in [0.5, 0.6) is 0 Å². The average molecular weight is 156 g/mol. The Morgan fingerprint density at radius 1 is 1.64 bits per heavy atom. The van der Waals surface area contributed by atoms with Crippen LogP contribution < -0.4 is 0 Å². The van der Waals surface area contributed by atoms with E-state index in [-0.39, 0.29) is 17.7 Å². The predicted molar refractivity (Wildman–Crippen MR) is 39.2 cm³/mol. The molecule has 2 aliphatic rings. The number of fused-ring (bicyclic) bond motifs is 2. The highest BCUT2D eigenvalue weighted by Gasteiger charge is 2.49. The van der Waals surface area contributed by atoms with E-state index in [0.717, 1.165) is 12.8 Å². The maximum Gasteiger partial charge on any atom is 0.0574 e. The van der Waals surface area contributed by atoms with Crippen LogP contribution in [0.4, 0.5) is 0 Å². The van der Waals surface area contributed by atoms with Gasteiger partial charge in [0.15, 0.2) is 0 Å². The molecule has 0 spiro atoms. The van der Waals surface area contributed by atoms with Crippen molar-refractivity contribution in [3.05, 3.63) is 0 Å². The van der Waals surface area contributed by atoms with Crippen LogP contribution in [-0.4, -0.2) is 27.9 Å². The van der Waals surface area contributed by atoms with Crippen LogP contribution in [0.25, 0.3) is 0 Å². The molecule has 3 atom stereocenters. The Kier molecular flexibility index (Phi) is 1.50. The molecule has 2 bridgehead atoms. The number of aliphatic hydroxyl groups is 1. The van der Waals surface area contributed by atoms with Crippen LogP contribution in [-0.2, 0) is 5.21 Å². The van der Waals surface area contributed by atoms with Crippen molar-refractivity contribution in [2.24, 2.45) is 0 Å². The van der Waals surface area contributed by atoms with Crippen LogP contribution in [0.3, 0.4) is 0 Å². The maximum absolute atomic E-state index is 11.5. The molecule has 1 N–H and O–H groups in total. The lowest BCUT2D eigenvalue weighted by molar-refractivity contribution is -0.250. The maximum atomic E-state index is 11.5. The van der Waals surface area contributed by atoms with Gasteiger partial charge in [-0.3, -0.25) is 0 Å². The van der Waals surface area contributed by atoms with E-state index in [1.54, 1.807) is 0 Å². The van der Waals surface area contributed by atoms with Crippen molar-refractivity contribution in [2.45, 2.75) is 50.3 Å². The first-order valence-electron chi connectivity index (χ1n) is 4.26. The topological polar surface area (TPSA) is 43.4 Å². The van der Waals surface area contributed by atoms with Gasteiger partial charge in [0.05, 0.1) is 6.10 Å². The molecule has 2 aliphatic heterocycles. The SMILES string of the molecule is CC12CCC(CC(O)C1)N2[O]. The van der Waals surface area contributed by atoms with Gasteiger partial charge in [-0.15, -0.1) is 10.3 Å². The van der Waals surface area contributed by atoms with Gasteiger partial charge in [-0.1, -0.05) is 0 Å². The minimum absolute atomic E-state index is 0.101. The standard InChI is InChI=1S/C8H14NO2/c1-8-3-2-6(9(8)11)4-7(10)5-8/h6-7,10H,2-5H2,1H3. The Bertz CT molecular complexity index is 173. The highest BCUT2D eigenvalue weighted by atomic mass is 16.5. The van der Waals surface area contributed by atoms with E-state index in [0.29, 0.717) is 12.8 Å². The molecule has 2 saturated heterocycles. The van der Waals surface area contributed by atoms with Crippen molar-refractivity contribution in [3.63, 3.8) is 0 Å². The summed E-state index contributed by atoms with van der Waals surface area (Å²) in [5.74, 6) is 0. The second-order valence-corrected chi connectivity index (χ2v) is 4.11. The van der Waals surface area contributed by atoms with Gasteiger partial charge in [0.25, 0.3) is 0 Å². The molecule has 2 rings (SSSR count). The van der Waals surface area contributed by atoms with Gasteiger partial charge < -0.3 is 5.11 Å². The zero-order valence-corrected chi connectivity index (χ0v) is 6.79. The first kappa shape index (κ1) is 7.53. The lowest BCUT2D eigenvalue weighted by atomic mass is 9.90. The second kappa shape index (κ2) is 2.19. The number of hydrogen-bond donors (Lipinski definition) is 1. The van der Waals surface area contributed by atoms with E-state index in [9.17, 15) is 10.3 Å². The largest absolute Gasteiger partial charge is 0.393 e. The fourth-order valence-corrected chi connectivity index (χ4v) is 2.46. The molecule has 0 aromatic carbocycles. The van der Waals surface area contributed by atoms with Crippen molar-refractivity contribution in [2.75, 3.05) is 0 Å². The zero-order chi connectivity index (χ0) is 8.06. The fourth-order valence-electron chi connectivity index (χ4n) is 2.46. The second-order valence-electron chi connectivity index (χ2n) is 4.11. The molecule has 0 saturated carbocycles. The first-order valence-corrected chi connectivity index (χ1v) is 4.26. The molecule has 63 valence electrons. The number of piperidine rings is 1. The minimum atomic E-state index is -0.248. The summed E-state index contributed by atoms with van der Waals surface area (Å²) in [6.07, 6.45) is 3.03. The molecule has 1 radical (unpaired) electrons. The van der Waals surface area contributed by atoms with Crippen molar-refractivity contribution in [3.8, 4) is 0 Å². The quantitative estimate of drug-likeness (QED) is 0.561. The van der Waals surface area contributed by atoms with Gasteiger partial charge in [-0.25, -0.2) is 0 Å². The molecule has 0 amide bonds. The normalized spacial score (nSPS) is 51.5. The summed E-state index contributed by atoms with van der Waals surface area (Å²) >= 11 is 0. The lowest BCUT2D eigenvalue weighted by Crippen LogP contribution is -2.49. The highest BCUT2D eigenvalue weighted by Crippen LogP contribution is 2.42. The lowest BCUT2D eigenvalue weighted by Gasteiger charge is -2.38. The molecule has 0 aromatic heterocycles. The third kappa shape index (κ3) is 0.991. The third-order valence-corrected chi connectivity index (χ3v) is 3.10. The van der Waals surface area contributed by atoms with Crippen molar-refractivity contribution in [1.82, 2.24) is 5.06 Å². The number of hydroxylamine groups is 2. The molecule has 3 heteroatoms. The summed E-state index contributed by atoms with van der Waals surface area (Å²) in [5, 5.41) is 22.1. The first-order chi connectivity index (χ1) is 5.12. The molecule has 3 nitrogen and oxygen atoms in total. The van der Waals surface area contributed by atoms with E-state index in [1.165, 1.54) is 5.06 Å². The van der Waals surface area contributed by atoms with E-state index in [2.05, 4.69) is 0 Å². The monoisotopic (exact) mass is 156 g/mol. The summed E-state index contributed by atoms with van der Waals surface area (Å²) in [6.45, 7) is 1.96. The molecule has 0 aromatic rings. The Morgan fingerprint density at radius 2 is 2.36 bits per heavy atom. The van der Waals surface area contributed by atoms with Gasteiger partial charge >= 0.3 is 0 Å². The van der Waals surface area contributed by atoms with Crippen molar-refractivity contribution < 1.29 is 10.3 Å². The van der Waals surface area contributed by atoms with Crippen LogP contribution in [0.15, 0.2) is 0 Å². The Morgan fingerprint density at radius 3 is 3.00 bits per heavy atom. The molecule has 11 heavy (non-hydrogen) atoms. The average Bonchev–Trinajstić information content (AvgIpc) is 2.17. The highest BCUT2D eigenvalue weighted by molar-refractivity contribution is 4.99. The van der Waals surface area contributed by atoms with Gasteiger partial charge in [0, 0.05) is 11.6 Å². The summed E-state index contributed by atoms with van der Waals surface area (Å²) in [4.78, 5) is 0. The molecular formula is C8H14NO2. The number of rotatable bonds is 0. The van der Waals surface area contributed by atoms with E-state index < -0.39 is 0 Å². The zero-order valence-electron chi connectivity index (χ0n) is 6.79. The Balaban J connectivity index is 2.20. The molecule has 3 unspecified atom stereocenters. The van der Waals surface area contributed by atoms with E-state index in [1.807, 2.05) is 6.92 Å². The predicted octanol–water partition coefficient (Wildman–Crippen LogP) is 0.710. The van der Waals surface area contributed by atoms with Crippen LogP contribution in [0, 0.1) is 0 Å². The Labute approximate surface area is 66.6 Å². The summed E-state index contributed by atoms with van der Waals surface area (Å²) < 4.78 is 0. The number of aliphatic hydroxyl groups excluding tert-OH is 1. The fraction of sp³-hybridized carbons (Fsp3) is 1.00. The molecule has 2 heterocycles. The van der Waals surface area contributed by atoms with Crippen LogP contribution in [0.1, 0.15) is 32.6 Å². The smallest absolute Gasteiger partial charge is 0.0574 e. The van der Waals surface area contributed by atoms with Gasteiger partial charge in [-0.05, 0) is 32.6 Å². The van der Waals surface area contributed by atoms with E-state index in [4.69, 9.17) is 0 Å². The van der Waals surface area contributed by atoms with Gasteiger partial charge in [0.2, 0.25) is 0 Å². The van der Waals surface area contributed by atoms with Crippen molar-refractivity contribution in [1.29, 1.82) is 0 Å². The van der Waals surface area contributed by atoms with Crippen LogP contribution in [0.2, 0.25) is 0 Å². The summed E-state index contributed by atoms with van der Waals surface area (Å²) in [6, 6.07) is 0.101. The van der Waals surface area contributed by atoms with Crippen molar-refractivity contribution >= 4 is 0 Å². The summed E-state index contributed by atoms with van der Waals surface area (Å²) in [7, 11) is 0. The molecule has 0 aliphatic carbocycles.